The van der Waals surface area contributed by atoms with Crippen molar-refractivity contribution in [2.45, 2.75) is 20.8 Å². The van der Waals surface area contributed by atoms with Gasteiger partial charge in [0.25, 0.3) is 0 Å². The molecule has 0 atom stereocenters. The molecule has 0 bridgehead atoms. The summed E-state index contributed by atoms with van der Waals surface area (Å²) in [5.41, 5.74) is 3.56. The standard InChI is InChI=1S/C15H22N2O/c1-5-9-16-15(18)11-17(6-2)14-8-7-12(3)10-13(14)4/h5,7-8,10H,1,6,9,11H2,2-4H3,(H,16,18). The molecule has 0 aliphatic carbocycles. The Labute approximate surface area is 109 Å². The third kappa shape index (κ3) is 3.91. The van der Waals surface area contributed by atoms with Crippen molar-refractivity contribution in [2.24, 2.45) is 0 Å². The van der Waals surface area contributed by atoms with E-state index in [2.05, 4.69) is 55.8 Å². The first-order valence-electron chi connectivity index (χ1n) is 6.28. The normalized spacial score (nSPS) is 9.94. The minimum Gasteiger partial charge on any atom is -0.362 e. The number of benzene rings is 1. The van der Waals surface area contributed by atoms with Crippen LogP contribution in [0.15, 0.2) is 30.9 Å². The van der Waals surface area contributed by atoms with Gasteiger partial charge in [-0.3, -0.25) is 4.79 Å². The van der Waals surface area contributed by atoms with E-state index in [0.29, 0.717) is 13.1 Å². The molecule has 0 unspecified atom stereocenters. The highest BCUT2D eigenvalue weighted by Gasteiger charge is 2.11. The maximum Gasteiger partial charge on any atom is 0.239 e. The third-order valence-electron chi connectivity index (χ3n) is 2.85. The van der Waals surface area contributed by atoms with Crippen LogP contribution in [0.4, 0.5) is 5.69 Å². The van der Waals surface area contributed by atoms with Gasteiger partial charge in [-0.05, 0) is 32.4 Å². The lowest BCUT2D eigenvalue weighted by Gasteiger charge is -2.24. The Morgan fingerprint density at radius 3 is 2.72 bits per heavy atom. The molecule has 0 heterocycles. The average molecular weight is 246 g/mol. The molecular formula is C15H22N2O. The van der Waals surface area contributed by atoms with Crippen LogP contribution < -0.4 is 10.2 Å². The Kier molecular flexibility index (Phi) is 5.43. The fourth-order valence-electron chi connectivity index (χ4n) is 1.94. The van der Waals surface area contributed by atoms with Crippen molar-refractivity contribution >= 4 is 11.6 Å². The van der Waals surface area contributed by atoms with Gasteiger partial charge in [0.1, 0.15) is 0 Å². The van der Waals surface area contributed by atoms with Gasteiger partial charge in [-0.2, -0.15) is 0 Å². The number of carbonyl (C=O) groups is 1. The summed E-state index contributed by atoms with van der Waals surface area (Å²) in [7, 11) is 0. The van der Waals surface area contributed by atoms with Gasteiger partial charge in [-0.1, -0.05) is 23.8 Å². The van der Waals surface area contributed by atoms with E-state index in [4.69, 9.17) is 0 Å². The number of nitrogens with zero attached hydrogens (tertiary/aromatic N) is 1. The molecule has 3 nitrogen and oxygen atoms in total. The molecule has 1 aromatic carbocycles. The average Bonchev–Trinajstić information content (AvgIpc) is 2.34. The summed E-state index contributed by atoms with van der Waals surface area (Å²) in [5, 5.41) is 2.80. The Morgan fingerprint density at radius 2 is 2.17 bits per heavy atom. The number of likely N-dealkylation sites (N-methyl/N-ethyl adjacent to an activating group) is 1. The molecule has 0 fully saturated rings. The summed E-state index contributed by atoms with van der Waals surface area (Å²) >= 11 is 0. The third-order valence-corrected chi connectivity index (χ3v) is 2.85. The van der Waals surface area contributed by atoms with E-state index < -0.39 is 0 Å². The van der Waals surface area contributed by atoms with Crippen molar-refractivity contribution in [3.05, 3.63) is 42.0 Å². The fraction of sp³-hybridized carbons (Fsp3) is 0.400. The van der Waals surface area contributed by atoms with Crippen molar-refractivity contribution < 1.29 is 4.79 Å². The lowest BCUT2D eigenvalue weighted by molar-refractivity contribution is -0.119. The van der Waals surface area contributed by atoms with E-state index >= 15 is 0 Å². The smallest absolute Gasteiger partial charge is 0.239 e. The predicted molar refractivity (Wildman–Crippen MR) is 77.0 cm³/mol. The molecule has 0 aliphatic heterocycles. The Morgan fingerprint density at radius 1 is 1.44 bits per heavy atom. The van der Waals surface area contributed by atoms with Gasteiger partial charge >= 0.3 is 0 Å². The number of hydrogen-bond acceptors (Lipinski definition) is 2. The number of rotatable bonds is 6. The number of nitrogens with one attached hydrogen (secondary N) is 1. The molecule has 0 radical (unpaired) electrons. The minimum atomic E-state index is 0.0247. The van der Waals surface area contributed by atoms with E-state index in [1.54, 1.807) is 6.08 Å². The predicted octanol–water partition coefficient (Wildman–Crippen LogP) is 2.43. The molecule has 98 valence electrons. The number of hydrogen-bond donors (Lipinski definition) is 1. The first kappa shape index (κ1) is 14.3. The van der Waals surface area contributed by atoms with E-state index in [0.717, 1.165) is 12.2 Å². The van der Waals surface area contributed by atoms with Crippen LogP contribution in [-0.2, 0) is 4.79 Å². The van der Waals surface area contributed by atoms with Crippen molar-refractivity contribution in [1.29, 1.82) is 0 Å². The highest BCUT2D eigenvalue weighted by molar-refractivity contribution is 5.81. The monoisotopic (exact) mass is 246 g/mol. The summed E-state index contributed by atoms with van der Waals surface area (Å²) in [6.07, 6.45) is 1.69. The van der Waals surface area contributed by atoms with Crippen LogP contribution in [0, 0.1) is 13.8 Å². The van der Waals surface area contributed by atoms with Gasteiger partial charge in [-0.15, -0.1) is 6.58 Å². The number of anilines is 1. The first-order valence-corrected chi connectivity index (χ1v) is 6.28. The van der Waals surface area contributed by atoms with Crippen LogP contribution in [0.3, 0.4) is 0 Å². The van der Waals surface area contributed by atoms with Gasteiger partial charge in [-0.25, -0.2) is 0 Å². The van der Waals surface area contributed by atoms with Gasteiger partial charge in [0.15, 0.2) is 0 Å². The van der Waals surface area contributed by atoms with Crippen molar-refractivity contribution in [3.8, 4) is 0 Å². The van der Waals surface area contributed by atoms with Crippen molar-refractivity contribution in [1.82, 2.24) is 5.32 Å². The Balaban J connectivity index is 2.76. The zero-order valence-electron chi connectivity index (χ0n) is 11.5. The number of aryl methyl sites for hydroxylation is 2. The van der Waals surface area contributed by atoms with E-state index in [9.17, 15) is 4.79 Å². The lowest BCUT2D eigenvalue weighted by atomic mass is 10.1. The van der Waals surface area contributed by atoms with Crippen LogP contribution >= 0.6 is 0 Å². The molecule has 1 rings (SSSR count). The maximum atomic E-state index is 11.7. The number of amides is 1. The second-order valence-corrected chi connectivity index (χ2v) is 4.40. The van der Waals surface area contributed by atoms with Crippen molar-refractivity contribution in [3.63, 3.8) is 0 Å². The minimum absolute atomic E-state index is 0.0247. The van der Waals surface area contributed by atoms with Crippen LogP contribution in [0.1, 0.15) is 18.1 Å². The zero-order chi connectivity index (χ0) is 13.5. The summed E-state index contributed by atoms with van der Waals surface area (Å²) in [6, 6.07) is 6.29. The summed E-state index contributed by atoms with van der Waals surface area (Å²) in [6.45, 7) is 11.5. The molecule has 3 heteroatoms. The van der Waals surface area contributed by atoms with Gasteiger partial charge in [0.2, 0.25) is 5.91 Å². The van der Waals surface area contributed by atoms with Gasteiger partial charge in [0, 0.05) is 18.8 Å². The van der Waals surface area contributed by atoms with Crippen LogP contribution in [-0.4, -0.2) is 25.5 Å². The second kappa shape index (κ2) is 6.84. The molecular weight excluding hydrogens is 224 g/mol. The van der Waals surface area contributed by atoms with Gasteiger partial charge in [0.05, 0.1) is 6.54 Å². The second-order valence-electron chi connectivity index (χ2n) is 4.40. The lowest BCUT2D eigenvalue weighted by Crippen LogP contribution is -2.37. The topological polar surface area (TPSA) is 32.3 Å². The zero-order valence-corrected chi connectivity index (χ0v) is 11.5. The molecule has 1 aromatic rings. The molecule has 0 aromatic heterocycles. The SMILES string of the molecule is C=CCNC(=O)CN(CC)c1ccc(C)cc1C. The Hall–Kier alpha value is -1.77. The molecule has 1 amide bonds. The molecule has 18 heavy (non-hydrogen) atoms. The first-order chi connectivity index (χ1) is 8.58. The summed E-state index contributed by atoms with van der Waals surface area (Å²) < 4.78 is 0. The van der Waals surface area contributed by atoms with Crippen molar-refractivity contribution in [2.75, 3.05) is 24.5 Å². The van der Waals surface area contributed by atoms with E-state index in [1.807, 2.05) is 0 Å². The largest absolute Gasteiger partial charge is 0.362 e. The molecule has 0 saturated heterocycles. The fourth-order valence-corrected chi connectivity index (χ4v) is 1.94. The maximum absolute atomic E-state index is 11.7. The molecule has 0 aliphatic rings. The van der Waals surface area contributed by atoms with Gasteiger partial charge < -0.3 is 10.2 Å². The van der Waals surface area contributed by atoms with Crippen LogP contribution in [0.25, 0.3) is 0 Å². The molecule has 0 saturated carbocycles. The number of carbonyl (C=O) groups excluding carboxylic acids is 1. The summed E-state index contributed by atoms with van der Waals surface area (Å²) in [5.74, 6) is 0.0247. The Bertz CT molecular complexity index is 427. The summed E-state index contributed by atoms with van der Waals surface area (Å²) in [4.78, 5) is 13.8. The van der Waals surface area contributed by atoms with E-state index in [1.165, 1.54) is 11.1 Å². The highest BCUT2D eigenvalue weighted by atomic mass is 16.2. The van der Waals surface area contributed by atoms with Crippen LogP contribution in [0.5, 0.6) is 0 Å². The van der Waals surface area contributed by atoms with Crippen LogP contribution in [0.2, 0.25) is 0 Å². The molecule has 0 spiro atoms. The van der Waals surface area contributed by atoms with E-state index in [-0.39, 0.29) is 5.91 Å². The quantitative estimate of drug-likeness (QED) is 0.782. The highest BCUT2D eigenvalue weighted by Crippen LogP contribution is 2.20. The molecule has 1 N–H and O–H groups in total.